The van der Waals surface area contributed by atoms with Crippen LogP contribution in [0.25, 0.3) is 11.3 Å². The number of hydrogen-bond acceptors (Lipinski definition) is 3. The number of amides is 1. The van der Waals surface area contributed by atoms with Gasteiger partial charge < -0.3 is 11.1 Å². The monoisotopic (exact) mass is 411 g/mol. The van der Waals surface area contributed by atoms with Gasteiger partial charge in [-0.05, 0) is 66.8 Å². The van der Waals surface area contributed by atoms with E-state index in [9.17, 15) is 4.79 Å². The van der Waals surface area contributed by atoms with Crippen molar-refractivity contribution in [3.05, 3.63) is 75.4 Å². The zero-order valence-corrected chi connectivity index (χ0v) is 16.6. The number of nitrogens with two attached hydrogens (primary N) is 1. The van der Waals surface area contributed by atoms with Crippen LogP contribution in [0.2, 0.25) is 10.0 Å². The van der Waals surface area contributed by atoms with Crippen molar-refractivity contribution in [3.8, 4) is 11.3 Å². The molecule has 2 aromatic carbocycles. The molecule has 1 aliphatic rings. The van der Waals surface area contributed by atoms with Gasteiger partial charge >= 0.3 is 0 Å². The number of nitrogens with zero attached hydrogens (tertiary/aromatic N) is 1. The molecule has 142 valence electrons. The summed E-state index contributed by atoms with van der Waals surface area (Å²) >= 11 is 12.4. The SMILES string of the molecule is NC(=O)Cc1ccc(Nc2cc(-c3cc(Cl)cc(Cl)c3)nc3c2CCC3)cc1. The Hall–Kier alpha value is -2.56. The minimum atomic E-state index is -0.336. The highest BCUT2D eigenvalue weighted by Crippen LogP contribution is 2.35. The van der Waals surface area contributed by atoms with Crippen molar-refractivity contribution in [3.63, 3.8) is 0 Å². The van der Waals surface area contributed by atoms with Gasteiger partial charge in [-0.2, -0.15) is 0 Å². The Labute approximate surface area is 173 Å². The van der Waals surface area contributed by atoms with Crippen molar-refractivity contribution in [2.45, 2.75) is 25.7 Å². The largest absolute Gasteiger partial charge is 0.369 e. The number of aryl methyl sites for hydroxylation is 1. The lowest BCUT2D eigenvalue weighted by Gasteiger charge is -2.14. The third-order valence-electron chi connectivity index (χ3n) is 4.82. The molecule has 0 fully saturated rings. The van der Waals surface area contributed by atoms with Crippen molar-refractivity contribution in [2.75, 3.05) is 5.32 Å². The molecule has 0 saturated heterocycles. The number of carbonyl (C=O) groups excluding carboxylic acids is 1. The van der Waals surface area contributed by atoms with Gasteiger partial charge in [0.25, 0.3) is 0 Å². The summed E-state index contributed by atoms with van der Waals surface area (Å²) in [5.41, 5.74) is 12.2. The Morgan fingerprint density at radius 1 is 1.04 bits per heavy atom. The summed E-state index contributed by atoms with van der Waals surface area (Å²) in [6, 6.07) is 15.2. The number of carbonyl (C=O) groups is 1. The van der Waals surface area contributed by atoms with E-state index in [4.69, 9.17) is 33.9 Å². The van der Waals surface area contributed by atoms with Crippen molar-refractivity contribution in [2.24, 2.45) is 5.73 Å². The lowest BCUT2D eigenvalue weighted by atomic mass is 10.1. The third kappa shape index (κ3) is 4.13. The molecule has 4 nitrogen and oxygen atoms in total. The molecule has 0 aliphatic heterocycles. The second-order valence-electron chi connectivity index (χ2n) is 6.96. The molecular weight excluding hydrogens is 393 g/mol. The van der Waals surface area contributed by atoms with E-state index < -0.39 is 0 Å². The number of nitrogens with one attached hydrogen (secondary N) is 1. The van der Waals surface area contributed by atoms with Crippen LogP contribution in [0.15, 0.2) is 48.5 Å². The predicted octanol–water partition coefficient (Wildman–Crippen LogP) is 5.32. The van der Waals surface area contributed by atoms with Gasteiger partial charge in [0.1, 0.15) is 0 Å². The van der Waals surface area contributed by atoms with Gasteiger partial charge in [-0.15, -0.1) is 0 Å². The Morgan fingerprint density at radius 3 is 2.43 bits per heavy atom. The fraction of sp³-hybridized carbons (Fsp3) is 0.182. The first-order valence-corrected chi connectivity index (χ1v) is 9.87. The van der Waals surface area contributed by atoms with Crippen LogP contribution < -0.4 is 11.1 Å². The molecular formula is C22H19Cl2N3O. The molecule has 4 rings (SSSR count). The fourth-order valence-corrected chi connectivity index (χ4v) is 4.09. The number of benzene rings is 2. The molecule has 28 heavy (non-hydrogen) atoms. The number of rotatable bonds is 5. The molecule has 3 N–H and O–H groups in total. The highest BCUT2D eigenvalue weighted by Gasteiger charge is 2.19. The molecule has 0 unspecified atom stereocenters. The lowest BCUT2D eigenvalue weighted by Crippen LogP contribution is -2.13. The van der Waals surface area contributed by atoms with Crippen LogP contribution in [0, 0.1) is 0 Å². The Balaban J connectivity index is 1.68. The summed E-state index contributed by atoms with van der Waals surface area (Å²) in [5, 5.41) is 4.68. The van der Waals surface area contributed by atoms with Crippen molar-refractivity contribution >= 4 is 40.5 Å². The number of pyridine rings is 1. The highest BCUT2D eigenvalue weighted by atomic mass is 35.5. The van der Waals surface area contributed by atoms with Crippen LogP contribution in [0.5, 0.6) is 0 Å². The highest BCUT2D eigenvalue weighted by molar-refractivity contribution is 6.35. The average molecular weight is 412 g/mol. The molecule has 0 radical (unpaired) electrons. The molecule has 1 amide bonds. The average Bonchev–Trinajstić information content (AvgIpc) is 3.11. The van der Waals surface area contributed by atoms with E-state index in [1.165, 1.54) is 5.56 Å². The Kier molecular flexibility index (Phi) is 5.25. The molecule has 3 aromatic rings. The number of halogens is 2. The molecule has 1 heterocycles. The smallest absolute Gasteiger partial charge is 0.221 e. The number of fused-ring (bicyclic) bond motifs is 1. The fourth-order valence-electron chi connectivity index (χ4n) is 3.57. The van der Waals surface area contributed by atoms with E-state index in [0.29, 0.717) is 10.0 Å². The standard InChI is InChI=1S/C22H19Cl2N3O/c23-15-9-14(10-16(24)11-15)20-12-21(18-2-1-3-19(18)27-20)26-17-6-4-13(5-7-17)8-22(25)28/h4-7,9-12H,1-3,8H2,(H2,25,28)(H,26,27). The summed E-state index contributed by atoms with van der Waals surface area (Å²) in [7, 11) is 0. The molecule has 0 atom stereocenters. The zero-order chi connectivity index (χ0) is 19.7. The van der Waals surface area contributed by atoms with Crippen LogP contribution in [0.3, 0.4) is 0 Å². The van der Waals surface area contributed by atoms with Crippen LogP contribution in [-0.4, -0.2) is 10.9 Å². The third-order valence-corrected chi connectivity index (χ3v) is 5.26. The Bertz CT molecular complexity index is 1030. The van der Waals surface area contributed by atoms with Gasteiger partial charge in [0, 0.05) is 32.7 Å². The number of aromatic nitrogens is 1. The first-order chi connectivity index (χ1) is 13.5. The maximum absolute atomic E-state index is 11.1. The number of hydrogen-bond donors (Lipinski definition) is 2. The van der Waals surface area contributed by atoms with E-state index in [-0.39, 0.29) is 12.3 Å². The van der Waals surface area contributed by atoms with E-state index in [1.807, 2.05) is 42.5 Å². The van der Waals surface area contributed by atoms with Crippen molar-refractivity contribution < 1.29 is 4.79 Å². The van der Waals surface area contributed by atoms with Gasteiger partial charge in [0.2, 0.25) is 5.91 Å². The minimum Gasteiger partial charge on any atom is -0.369 e. The summed E-state index contributed by atoms with van der Waals surface area (Å²) in [6.07, 6.45) is 3.30. The normalized spacial score (nSPS) is 12.6. The van der Waals surface area contributed by atoms with Gasteiger partial charge in [-0.3, -0.25) is 9.78 Å². The summed E-state index contributed by atoms with van der Waals surface area (Å²) < 4.78 is 0. The second-order valence-corrected chi connectivity index (χ2v) is 7.83. The molecule has 0 bridgehead atoms. The quantitative estimate of drug-likeness (QED) is 0.596. The van der Waals surface area contributed by atoms with Crippen LogP contribution in [0.4, 0.5) is 11.4 Å². The van der Waals surface area contributed by atoms with Crippen LogP contribution >= 0.6 is 23.2 Å². The van der Waals surface area contributed by atoms with Crippen molar-refractivity contribution in [1.29, 1.82) is 0 Å². The Morgan fingerprint density at radius 2 is 1.75 bits per heavy atom. The first-order valence-electron chi connectivity index (χ1n) is 9.11. The predicted molar refractivity (Wildman–Crippen MR) is 114 cm³/mol. The van der Waals surface area contributed by atoms with Crippen LogP contribution in [0.1, 0.15) is 23.2 Å². The van der Waals surface area contributed by atoms with Gasteiger partial charge in [-0.25, -0.2) is 0 Å². The first kappa shape index (κ1) is 18.8. The molecule has 1 aromatic heterocycles. The summed E-state index contributed by atoms with van der Waals surface area (Å²) in [6.45, 7) is 0. The van der Waals surface area contributed by atoms with E-state index in [2.05, 4.69) is 5.32 Å². The number of primary amides is 1. The number of anilines is 2. The topological polar surface area (TPSA) is 68.0 Å². The van der Waals surface area contributed by atoms with Gasteiger partial charge in [0.15, 0.2) is 0 Å². The summed E-state index contributed by atoms with van der Waals surface area (Å²) in [5.74, 6) is -0.336. The van der Waals surface area contributed by atoms with E-state index >= 15 is 0 Å². The zero-order valence-electron chi connectivity index (χ0n) is 15.1. The van der Waals surface area contributed by atoms with E-state index in [0.717, 1.165) is 53.2 Å². The van der Waals surface area contributed by atoms with E-state index in [1.54, 1.807) is 6.07 Å². The van der Waals surface area contributed by atoms with Crippen molar-refractivity contribution in [1.82, 2.24) is 4.98 Å². The van der Waals surface area contributed by atoms with Crippen LogP contribution in [-0.2, 0) is 24.1 Å². The summed E-state index contributed by atoms with van der Waals surface area (Å²) in [4.78, 5) is 15.9. The molecule has 6 heteroatoms. The second kappa shape index (κ2) is 7.82. The minimum absolute atomic E-state index is 0.241. The maximum atomic E-state index is 11.1. The van der Waals surface area contributed by atoms with Gasteiger partial charge in [-0.1, -0.05) is 35.3 Å². The maximum Gasteiger partial charge on any atom is 0.221 e. The molecule has 0 spiro atoms. The van der Waals surface area contributed by atoms with Gasteiger partial charge in [0.05, 0.1) is 12.1 Å². The molecule has 1 aliphatic carbocycles. The molecule has 0 saturated carbocycles. The lowest BCUT2D eigenvalue weighted by molar-refractivity contribution is -0.117.